The van der Waals surface area contributed by atoms with E-state index in [4.69, 9.17) is 4.74 Å². The van der Waals surface area contributed by atoms with Gasteiger partial charge in [0.25, 0.3) is 0 Å². The van der Waals surface area contributed by atoms with Crippen LogP contribution in [-0.2, 0) is 14.3 Å². The van der Waals surface area contributed by atoms with E-state index in [1.807, 2.05) is 20.8 Å². The molecule has 7 heteroatoms. The molecule has 1 rings (SSSR count). The summed E-state index contributed by atoms with van der Waals surface area (Å²) in [5.41, 5.74) is -0.395. The van der Waals surface area contributed by atoms with Crippen molar-refractivity contribution < 1.29 is 19.1 Å². The van der Waals surface area contributed by atoms with Crippen molar-refractivity contribution in [2.45, 2.75) is 40.2 Å². The number of nitrogens with zero attached hydrogens (tertiary/aromatic N) is 3. The van der Waals surface area contributed by atoms with Gasteiger partial charge in [-0.05, 0) is 27.7 Å². The predicted molar refractivity (Wildman–Crippen MR) is 82.3 cm³/mol. The average molecular weight is 313 g/mol. The van der Waals surface area contributed by atoms with Crippen molar-refractivity contribution in [1.82, 2.24) is 14.7 Å². The van der Waals surface area contributed by atoms with Gasteiger partial charge in [-0.25, -0.2) is 4.79 Å². The first kappa shape index (κ1) is 18.3. The molecule has 0 N–H and O–H groups in total. The molecule has 22 heavy (non-hydrogen) atoms. The van der Waals surface area contributed by atoms with Crippen LogP contribution >= 0.6 is 0 Å². The summed E-state index contributed by atoms with van der Waals surface area (Å²) >= 11 is 0. The van der Waals surface area contributed by atoms with Crippen LogP contribution in [0.4, 0.5) is 4.79 Å². The van der Waals surface area contributed by atoms with E-state index in [9.17, 15) is 14.4 Å². The highest BCUT2D eigenvalue weighted by Crippen LogP contribution is 2.14. The number of hydrogen-bond donors (Lipinski definition) is 0. The summed E-state index contributed by atoms with van der Waals surface area (Å²) in [5.74, 6) is -0.209. The predicted octanol–water partition coefficient (Wildman–Crippen LogP) is 0.934. The van der Waals surface area contributed by atoms with Gasteiger partial charge in [0.05, 0.1) is 6.61 Å². The molecular weight excluding hydrogens is 286 g/mol. The molecule has 1 fully saturated rings. The summed E-state index contributed by atoms with van der Waals surface area (Å²) in [6.07, 6.45) is -0.338. The molecule has 7 nitrogen and oxygen atoms in total. The Morgan fingerprint density at radius 2 is 1.55 bits per heavy atom. The van der Waals surface area contributed by atoms with Crippen molar-refractivity contribution in [3.63, 3.8) is 0 Å². The van der Waals surface area contributed by atoms with E-state index in [1.54, 1.807) is 21.6 Å². The Morgan fingerprint density at radius 1 is 1.05 bits per heavy atom. The fourth-order valence-corrected chi connectivity index (χ4v) is 2.41. The maximum absolute atomic E-state index is 12.4. The van der Waals surface area contributed by atoms with Crippen LogP contribution in [0.1, 0.15) is 34.6 Å². The topological polar surface area (TPSA) is 70.2 Å². The average Bonchev–Trinajstić information content (AvgIpc) is 2.43. The van der Waals surface area contributed by atoms with E-state index >= 15 is 0 Å². The molecule has 0 aliphatic carbocycles. The third-order valence-electron chi connectivity index (χ3n) is 3.64. The summed E-state index contributed by atoms with van der Waals surface area (Å²) in [4.78, 5) is 40.5. The zero-order valence-corrected chi connectivity index (χ0v) is 14.2. The summed E-state index contributed by atoms with van der Waals surface area (Å²) < 4.78 is 4.95. The number of amides is 3. The van der Waals surface area contributed by atoms with Gasteiger partial charge in [-0.3, -0.25) is 9.59 Å². The molecule has 3 amide bonds. The molecule has 0 radical (unpaired) electrons. The molecule has 1 heterocycles. The quantitative estimate of drug-likeness (QED) is 0.777. The molecule has 1 aliphatic rings. The highest BCUT2D eigenvalue weighted by molar-refractivity contribution is 5.84. The lowest BCUT2D eigenvalue weighted by Crippen LogP contribution is -2.55. The van der Waals surface area contributed by atoms with Crippen LogP contribution in [0.15, 0.2) is 0 Å². The van der Waals surface area contributed by atoms with E-state index < -0.39 is 5.54 Å². The van der Waals surface area contributed by atoms with E-state index in [-0.39, 0.29) is 24.5 Å². The van der Waals surface area contributed by atoms with Crippen LogP contribution < -0.4 is 0 Å². The molecule has 0 aromatic rings. The van der Waals surface area contributed by atoms with Crippen molar-refractivity contribution in [3.8, 4) is 0 Å². The summed E-state index contributed by atoms with van der Waals surface area (Å²) in [6.45, 7) is 11.2. The first-order valence-electron chi connectivity index (χ1n) is 7.64. The lowest BCUT2D eigenvalue weighted by molar-refractivity contribution is -0.144. The fraction of sp³-hybridized carbons (Fsp3) is 0.800. The number of carbonyl (C=O) groups excluding carboxylic acids is 3. The van der Waals surface area contributed by atoms with Crippen LogP contribution in [0.5, 0.6) is 0 Å². The largest absolute Gasteiger partial charge is 0.450 e. The van der Waals surface area contributed by atoms with Crippen LogP contribution in [-0.4, -0.2) is 77.5 Å². The molecule has 0 spiro atoms. The van der Waals surface area contributed by atoms with E-state index in [0.29, 0.717) is 32.8 Å². The molecule has 0 saturated carbocycles. The Balaban J connectivity index is 2.55. The van der Waals surface area contributed by atoms with Crippen molar-refractivity contribution in [2.24, 2.45) is 0 Å². The second-order valence-electron chi connectivity index (χ2n) is 6.34. The maximum Gasteiger partial charge on any atom is 0.409 e. The molecule has 0 bridgehead atoms. The second-order valence-corrected chi connectivity index (χ2v) is 6.34. The summed E-state index contributed by atoms with van der Waals surface area (Å²) in [5, 5.41) is 0. The minimum absolute atomic E-state index is 0.0677. The van der Waals surface area contributed by atoms with Gasteiger partial charge in [0.1, 0.15) is 6.54 Å². The molecule has 0 unspecified atom stereocenters. The Kier molecular flexibility index (Phi) is 6.20. The van der Waals surface area contributed by atoms with Crippen LogP contribution in [0.2, 0.25) is 0 Å². The first-order chi connectivity index (χ1) is 10.2. The van der Waals surface area contributed by atoms with Gasteiger partial charge in [0, 0.05) is 38.6 Å². The highest BCUT2D eigenvalue weighted by atomic mass is 16.6. The van der Waals surface area contributed by atoms with Gasteiger partial charge in [-0.15, -0.1) is 0 Å². The monoisotopic (exact) mass is 313 g/mol. The lowest BCUT2D eigenvalue weighted by Gasteiger charge is -2.38. The molecule has 0 aromatic heterocycles. The maximum atomic E-state index is 12.4. The Hall–Kier alpha value is -1.79. The third-order valence-corrected chi connectivity index (χ3v) is 3.64. The van der Waals surface area contributed by atoms with Crippen molar-refractivity contribution in [3.05, 3.63) is 0 Å². The van der Waals surface area contributed by atoms with Crippen LogP contribution in [0.3, 0.4) is 0 Å². The lowest BCUT2D eigenvalue weighted by atomic mass is 10.1. The zero-order chi connectivity index (χ0) is 16.9. The number of piperazine rings is 1. The number of hydrogen-bond acceptors (Lipinski definition) is 4. The van der Waals surface area contributed by atoms with Gasteiger partial charge in [0.15, 0.2) is 0 Å². The third kappa shape index (κ3) is 4.89. The fourth-order valence-electron chi connectivity index (χ4n) is 2.41. The normalized spacial score (nSPS) is 15.5. The van der Waals surface area contributed by atoms with E-state index in [2.05, 4.69) is 0 Å². The second kappa shape index (κ2) is 7.47. The molecule has 1 saturated heterocycles. The van der Waals surface area contributed by atoms with Crippen molar-refractivity contribution in [2.75, 3.05) is 39.3 Å². The van der Waals surface area contributed by atoms with E-state index in [0.717, 1.165) is 0 Å². The highest BCUT2D eigenvalue weighted by Gasteiger charge is 2.30. The van der Waals surface area contributed by atoms with Gasteiger partial charge in [-0.1, -0.05) is 0 Å². The minimum atomic E-state index is -0.395. The zero-order valence-electron chi connectivity index (χ0n) is 14.2. The molecular formula is C15H27N3O4. The van der Waals surface area contributed by atoms with Crippen LogP contribution in [0, 0.1) is 0 Å². The molecule has 1 aliphatic heterocycles. The Labute approximate surface area is 132 Å². The molecule has 0 atom stereocenters. The number of carbonyl (C=O) groups is 3. The summed E-state index contributed by atoms with van der Waals surface area (Å²) in [7, 11) is 0. The Bertz CT molecular complexity index is 423. The Morgan fingerprint density at radius 3 is 1.95 bits per heavy atom. The smallest absolute Gasteiger partial charge is 0.409 e. The van der Waals surface area contributed by atoms with Gasteiger partial charge in [-0.2, -0.15) is 0 Å². The first-order valence-corrected chi connectivity index (χ1v) is 7.64. The number of rotatable bonds is 3. The van der Waals surface area contributed by atoms with Gasteiger partial charge >= 0.3 is 6.09 Å². The SMILES string of the molecule is CCOC(=O)N1CCN(C(=O)CN(C(C)=O)C(C)(C)C)CC1. The molecule has 126 valence electrons. The van der Waals surface area contributed by atoms with Gasteiger partial charge in [0.2, 0.25) is 11.8 Å². The minimum Gasteiger partial charge on any atom is -0.450 e. The van der Waals surface area contributed by atoms with Gasteiger partial charge < -0.3 is 19.4 Å². The standard InChI is InChI=1S/C15H27N3O4/c1-6-22-14(21)17-9-7-16(8-10-17)13(20)11-18(12(2)19)15(3,4)5/h6-11H2,1-5H3. The summed E-state index contributed by atoms with van der Waals surface area (Å²) in [6, 6.07) is 0. The number of ether oxygens (including phenoxy) is 1. The van der Waals surface area contributed by atoms with E-state index in [1.165, 1.54) is 6.92 Å². The molecule has 0 aromatic carbocycles. The van der Waals surface area contributed by atoms with Crippen LogP contribution in [0.25, 0.3) is 0 Å². The van der Waals surface area contributed by atoms with Crippen molar-refractivity contribution >= 4 is 17.9 Å². The van der Waals surface area contributed by atoms with Crippen molar-refractivity contribution in [1.29, 1.82) is 0 Å².